The molecule has 3 rings (SSSR count). The van der Waals surface area contributed by atoms with Crippen LogP contribution in [0.15, 0.2) is 24.3 Å². The van der Waals surface area contributed by atoms with E-state index in [2.05, 4.69) is 62.4 Å². The first-order valence-electron chi connectivity index (χ1n) is 8.11. The van der Waals surface area contributed by atoms with Gasteiger partial charge in [0.05, 0.1) is 0 Å². The fourth-order valence-electron chi connectivity index (χ4n) is 3.66. The van der Waals surface area contributed by atoms with Crippen LogP contribution in [0.4, 0.5) is 0 Å². The summed E-state index contributed by atoms with van der Waals surface area (Å²) in [6, 6.07) is 8.86. The number of hydrogen-bond donors (Lipinski definition) is 1. The second kappa shape index (κ2) is 5.29. The molecule has 0 radical (unpaired) electrons. The molecule has 116 valence electrons. The van der Waals surface area contributed by atoms with Crippen molar-refractivity contribution in [2.45, 2.75) is 56.7 Å². The Morgan fingerprint density at radius 1 is 1.24 bits per heavy atom. The molecule has 1 aromatic rings. The van der Waals surface area contributed by atoms with E-state index < -0.39 is 0 Å². The summed E-state index contributed by atoms with van der Waals surface area (Å²) in [5, 5.41) is 3.84. The Morgan fingerprint density at radius 2 is 1.95 bits per heavy atom. The Balaban J connectivity index is 1.76. The Labute approximate surface area is 128 Å². The zero-order chi connectivity index (χ0) is 15.1. The topological polar surface area (TPSA) is 24.5 Å². The van der Waals surface area contributed by atoms with Gasteiger partial charge in [0, 0.05) is 30.1 Å². The number of nitrogens with one attached hydrogen (secondary N) is 1. The summed E-state index contributed by atoms with van der Waals surface area (Å²) >= 11 is 0. The van der Waals surface area contributed by atoms with Gasteiger partial charge in [0.15, 0.2) is 0 Å². The quantitative estimate of drug-likeness (QED) is 0.919. The molecular weight excluding hydrogens is 260 g/mol. The largest absolute Gasteiger partial charge is 0.487 e. The summed E-state index contributed by atoms with van der Waals surface area (Å²) in [5.41, 5.74) is 1.57. The lowest BCUT2D eigenvalue weighted by molar-refractivity contribution is 0.0388. The minimum atomic E-state index is -0.100. The lowest BCUT2D eigenvalue weighted by Gasteiger charge is -2.49. The van der Waals surface area contributed by atoms with Crippen LogP contribution in [-0.2, 0) is 0 Å². The summed E-state index contributed by atoms with van der Waals surface area (Å²) in [6.45, 7) is 5.43. The van der Waals surface area contributed by atoms with E-state index in [-0.39, 0.29) is 5.60 Å². The van der Waals surface area contributed by atoms with Gasteiger partial charge in [0.1, 0.15) is 11.4 Å². The molecule has 1 saturated carbocycles. The van der Waals surface area contributed by atoms with Crippen LogP contribution < -0.4 is 10.1 Å². The van der Waals surface area contributed by atoms with E-state index in [0.717, 1.165) is 18.7 Å². The van der Waals surface area contributed by atoms with Crippen LogP contribution >= 0.6 is 0 Å². The van der Waals surface area contributed by atoms with Crippen molar-refractivity contribution in [1.82, 2.24) is 10.2 Å². The maximum Gasteiger partial charge on any atom is 0.124 e. The molecule has 1 unspecified atom stereocenters. The average Bonchev–Trinajstić information content (AvgIpc) is 2.35. The highest BCUT2D eigenvalue weighted by molar-refractivity contribution is 5.38. The maximum absolute atomic E-state index is 6.12. The average molecular weight is 288 g/mol. The number of rotatable bonds is 4. The second-order valence-corrected chi connectivity index (χ2v) is 7.51. The standard InChI is InChI=1S/C18H28N2O/c1-17(2)12-15(14-8-5-6-9-16(14)21-17)19-13-18(20(3)4)10-7-11-18/h5-6,8-9,15,19H,7,10-13H2,1-4H3. The van der Waals surface area contributed by atoms with Crippen molar-refractivity contribution in [3.63, 3.8) is 0 Å². The van der Waals surface area contributed by atoms with Crippen molar-refractivity contribution in [3.8, 4) is 5.75 Å². The molecule has 0 aromatic heterocycles. The smallest absolute Gasteiger partial charge is 0.124 e. The molecule has 1 aromatic carbocycles. The molecule has 1 heterocycles. The van der Waals surface area contributed by atoms with E-state index >= 15 is 0 Å². The number of para-hydroxylation sites is 1. The summed E-state index contributed by atoms with van der Waals surface area (Å²) < 4.78 is 6.12. The third kappa shape index (κ3) is 2.82. The summed E-state index contributed by atoms with van der Waals surface area (Å²) in [5.74, 6) is 1.04. The first-order valence-corrected chi connectivity index (χ1v) is 8.11. The number of benzene rings is 1. The van der Waals surface area contributed by atoms with Gasteiger partial charge in [-0.3, -0.25) is 0 Å². The lowest BCUT2D eigenvalue weighted by Crippen LogP contribution is -2.57. The minimum Gasteiger partial charge on any atom is -0.487 e. The molecule has 1 fully saturated rings. The van der Waals surface area contributed by atoms with Gasteiger partial charge in [-0.15, -0.1) is 0 Å². The zero-order valence-electron chi connectivity index (χ0n) is 13.8. The third-order valence-electron chi connectivity index (χ3n) is 5.29. The van der Waals surface area contributed by atoms with Crippen molar-refractivity contribution in [2.24, 2.45) is 0 Å². The number of nitrogens with zero attached hydrogens (tertiary/aromatic N) is 1. The fourth-order valence-corrected chi connectivity index (χ4v) is 3.66. The first-order chi connectivity index (χ1) is 9.92. The molecule has 1 atom stereocenters. The van der Waals surface area contributed by atoms with Crippen LogP contribution in [0, 0.1) is 0 Å². The summed E-state index contributed by atoms with van der Waals surface area (Å²) in [4.78, 5) is 2.40. The summed E-state index contributed by atoms with van der Waals surface area (Å²) in [7, 11) is 4.42. The van der Waals surface area contributed by atoms with Gasteiger partial charge in [-0.2, -0.15) is 0 Å². The van der Waals surface area contributed by atoms with Crippen molar-refractivity contribution < 1.29 is 4.74 Å². The van der Waals surface area contributed by atoms with Crippen molar-refractivity contribution in [3.05, 3.63) is 29.8 Å². The summed E-state index contributed by atoms with van der Waals surface area (Å²) in [6.07, 6.45) is 4.99. The molecule has 1 N–H and O–H groups in total. The zero-order valence-corrected chi connectivity index (χ0v) is 13.8. The fraction of sp³-hybridized carbons (Fsp3) is 0.667. The van der Waals surface area contributed by atoms with Gasteiger partial charge in [0.25, 0.3) is 0 Å². The highest BCUT2D eigenvalue weighted by Crippen LogP contribution is 2.41. The Morgan fingerprint density at radius 3 is 2.57 bits per heavy atom. The van der Waals surface area contributed by atoms with E-state index in [0.29, 0.717) is 11.6 Å². The van der Waals surface area contributed by atoms with E-state index in [1.165, 1.54) is 24.8 Å². The monoisotopic (exact) mass is 288 g/mol. The molecule has 21 heavy (non-hydrogen) atoms. The molecule has 0 saturated heterocycles. The lowest BCUT2D eigenvalue weighted by atomic mass is 9.75. The molecule has 0 amide bonds. The highest BCUT2D eigenvalue weighted by Gasteiger charge is 2.40. The van der Waals surface area contributed by atoms with Crippen LogP contribution in [0.3, 0.4) is 0 Å². The Hall–Kier alpha value is -1.06. The predicted octanol–water partition coefficient (Wildman–Crippen LogP) is 3.36. The van der Waals surface area contributed by atoms with Gasteiger partial charge in [-0.1, -0.05) is 18.2 Å². The van der Waals surface area contributed by atoms with E-state index in [1.54, 1.807) is 0 Å². The van der Waals surface area contributed by atoms with Crippen LogP contribution in [0.5, 0.6) is 5.75 Å². The van der Waals surface area contributed by atoms with E-state index in [4.69, 9.17) is 4.74 Å². The molecule has 3 heteroatoms. The van der Waals surface area contributed by atoms with Gasteiger partial charge in [-0.05, 0) is 53.3 Å². The van der Waals surface area contributed by atoms with Crippen LogP contribution in [0.1, 0.15) is 51.1 Å². The van der Waals surface area contributed by atoms with Crippen molar-refractivity contribution in [1.29, 1.82) is 0 Å². The number of likely N-dealkylation sites (N-methyl/N-ethyl adjacent to an activating group) is 1. The SMILES string of the molecule is CN(C)C1(CNC2CC(C)(C)Oc3ccccc32)CCC1. The van der Waals surface area contributed by atoms with Gasteiger partial charge in [0.2, 0.25) is 0 Å². The Kier molecular flexibility index (Phi) is 3.74. The molecule has 2 aliphatic rings. The number of hydrogen-bond acceptors (Lipinski definition) is 3. The molecular formula is C18H28N2O. The normalized spacial score (nSPS) is 25.9. The van der Waals surface area contributed by atoms with Gasteiger partial charge < -0.3 is 15.0 Å². The van der Waals surface area contributed by atoms with E-state index in [9.17, 15) is 0 Å². The van der Waals surface area contributed by atoms with Crippen LogP contribution in [-0.4, -0.2) is 36.7 Å². The number of fused-ring (bicyclic) bond motifs is 1. The predicted molar refractivity (Wildman–Crippen MR) is 86.8 cm³/mol. The van der Waals surface area contributed by atoms with E-state index in [1.807, 2.05) is 0 Å². The van der Waals surface area contributed by atoms with Gasteiger partial charge >= 0.3 is 0 Å². The minimum absolute atomic E-state index is 0.100. The molecule has 1 aliphatic heterocycles. The molecule has 1 aliphatic carbocycles. The van der Waals surface area contributed by atoms with Crippen LogP contribution in [0.25, 0.3) is 0 Å². The molecule has 3 nitrogen and oxygen atoms in total. The van der Waals surface area contributed by atoms with Gasteiger partial charge in [-0.25, -0.2) is 0 Å². The Bertz CT molecular complexity index is 506. The van der Waals surface area contributed by atoms with Crippen molar-refractivity contribution in [2.75, 3.05) is 20.6 Å². The molecule has 0 spiro atoms. The molecule has 0 bridgehead atoms. The van der Waals surface area contributed by atoms with Crippen LogP contribution in [0.2, 0.25) is 0 Å². The van der Waals surface area contributed by atoms with Crippen molar-refractivity contribution >= 4 is 0 Å². The highest BCUT2D eigenvalue weighted by atomic mass is 16.5. The second-order valence-electron chi connectivity index (χ2n) is 7.51. The third-order valence-corrected chi connectivity index (χ3v) is 5.29. The maximum atomic E-state index is 6.12. The number of ether oxygens (including phenoxy) is 1. The first kappa shape index (κ1) is 14.9.